The molecule has 0 amide bonds. The number of nitrogens with zero attached hydrogens (tertiary/aromatic N) is 4. The van der Waals surface area contributed by atoms with Gasteiger partial charge < -0.3 is 0 Å². The van der Waals surface area contributed by atoms with E-state index in [1.165, 1.54) is 49.9 Å². The standard InChI is InChI=1S/C61H38N4/c1-3-15-39(16-4-1)40-29-35-45(36-30-40)59-63-58(44-17-5-2-6-18-44)64-60(65-59)46-37-31-42(32-38-46)41-27-33-43(34-28-41)56-50-22-8-7-21-49(50)55-57(62-56)51-23-11-14-26-54(51)61(55)52-24-12-9-19-47(52)48-20-10-13-25-53(48)61/h1-38H. The molecule has 0 aliphatic heterocycles. The minimum absolute atomic E-state index is 0.458. The van der Waals surface area contributed by atoms with Gasteiger partial charge in [-0.25, -0.2) is 19.9 Å². The maximum Gasteiger partial charge on any atom is 0.164 e. The molecule has 2 aliphatic rings. The summed E-state index contributed by atoms with van der Waals surface area (Å²) in [6.45, 7) is 0. The third kappa shape index (κ3) is 5.77. The Morgan fingerprint density at radius 2 is 0.569 bits per heavy atom. The van der Waals surface area contributed by atoms with Crippen molar-refractivity contribution < 1.29 is 0 Å². The smallest absolute Gasteiger partial charge is 0.164 e. The molecule has 4 heteroatoms. The minimum Gasteiger partial charge on any atom is -0.247 e. The number of rotatable bonds is 6. The summed E-state index contributed by atoms with van der Waals surface area (Å²) in [7, 11) is 0. The first-order valence-corrected chi connectivity index (χ1v) is 22.1. The van der Waals surface area contributed by atoms with E-state index in [1.807, 2.05) is 36.4 Å². The van der Waals surface area contributed by atoms with Crippen LogP contribution in [0, 0.1) is 0 Å². The Bertz CT molecular complexity index is 3570. The number of aromatic nitrogens is 4. The van der Waals surface area contributed by atoms with Gasteiger partial charge >= 0.3 is 0 Å². The number of benzene rings is 9. The molecule has 2 aromatic heterocycles. The van der Waals surface area contributed by atoms with E-state index in [2.05, 4.69) is 194 Å². The second-order valence-corrected chi connectivity index (χ2v) is 16.9. The Hall–Kier alpha value is -8.60. The molecule has 302 valence electrons. The van der Waals surface area contributed by atoms with E-state index in [0.29, 0.717) is 17.5 Å². The molecule has 0 unspecified atom stereocenters. The Kier molecular flexibility index (Phi) is 8.40. The Morgan fingerprint density at radius 1 is 0.231 bits per heavy atom. The molecule has 65 heavy (non-hydrogen) atoms. The van der Waals surface area contributed by atoms with Crippen LogP contribution in [0.15, 0.2) is 231 Å². The van der Waals surface area contributed by atoms with E-state index >= 15 is 0 Å². The first-order valence-electron chi connectivity index (χ1n) is 22.1. The molecule has 0 N–H and O–H groups in total. The SMILES string of the molecule is c1ccc(-c2ccc(-c3nc(-c4ccccc4)nc(-c4ccc(-c5ccc(-c6nc7c(c8ccccc68)C6(c8ccccc8-c8ccccc86)c6ccccc6-7)cc5)cc4)n3)cc2)cc1. The fourth-order valence-corrected chi connectivity index (χ4v) is 10.4. The van der Waals surface area contributed by atoms with Gasteiger partial charge in [0.1, 0.15) is 0 Å². The predicted octanol–water partition coefficient (Wildman–Crippen LogP) is 14.8. The lowest BCUT2D eigenvalue weighted by molar-refractivity contribution is 0.799. The van der Waals surface area contributed by atoms with Crippen LogP contribution in [0.2, 0.25) is 0 Å². The molecule has 0 saturated carbocycles. The quantitative estimate of drug-likeness (QED) is 0.168. The van der Waals surface area contributed by atoms with Crippen LogP contribution in [0.4, 0.5) is 0 Å². The largest absolute Gasteiger partial charge is 0.247 e. The third-order valence-corrected chi connectivity index (χ3v) is 13.4. The highest BCUT2D eigenvalue weighted by Gasteiger charge is 2.53. The zero-order valence-electron chi connectivity index (χ0n) is 35.2. The maximum atomic E-state index is 5.66. The zero-order valence-corrected chi connectivity index (χ0v) is 35.2. The molecule has 0 saturated heterocycles. The molecule has 0 atom stereocenters. The topological polar surface area (TPSA) is 51.6 Å². The summed E-state index contributed by atoms with van der Waals surface area (Å²) in [5.74, 6) is 1.91. The second kappa shape index (κ2) is 14.8. The normalized spacial score (nSPS) is 12.7. The number of pyridine rings is 1. The van der Waals surface area contributed by atoms with Gasteiger partial charge in [0, 0.05) is 38.8 Å². The molecule has 2 aliphatic carbocycles. The third-order valence-electron chi connectivity index (χ3n) is 13.4. The van der Waals surface area contributed by atoms with Crippen molar-refractivity contribution in [2.24, 2.45) is 0 Å². The van der Waals surface area contributed by atoms with Gasteiger partial charge in [-0.05, 0) is 55.5 Å². The van der Waals surface area contributed by atoms with E-state index < -0.39 is 5.41 Å². The van der Waals surface area contributed by atoms with Crippen LogP contribution in [0.5, 0.6) is 0 Å². The number of hydrogen-bond acceptors (Lipinski definition) is 4. The Labute approximate surface area is 377 Å². The minimum atomic E-state index is -0.458. The maximum absolute atomic E-state index is 5.66. The molecule has 0 fully saturated rings. The van der Waals surface area contributed by atoms with Gasteiger partial charge in [0.2, 0.25) is 0 Å². The van der Waals surface area contributed by atoms with Crippen LogP contribution < -0.4 is 0 Å². The van der Waals surface area contributed by atoms with Gasteiger partial charge in [-0.1, -0.05) is 231 Å². The lowest BCUT2D eigenvalue weighted by Gasteiger charge is -2.31. The van der Waals surface area contributed by atoms with E-state index in [0.717, 1.165) is 55.7 Å². The molecule has 0 bridgehead atoms. The van der Waals surface area contributed by atoms with Crippen LogP contribution >= 0.6 is 0 Å². The van der Waals surface area contributed by atoms with Gasteiger partial charge in [-0.3, -0.25) is 0 Å². The van der Waals surface area contributed by atoms with Crippen molar-refractivity contribution in [1.82, 2.24) is 19.9 Å². The van der Waals surface area contributed by atoms with Crippen LogP contribution in [-0.4, -0.2) is 19.9 Å². The highest BCUT2D eigenvalue weighted by atomic mass is 15.0. The van der Waals surface area contributed by atoms with Crippen molar-refractivity contribution in [2.45, 2.75) is 5.41 Å². The summed E-state index contributed by atoms with van der Waals surface area (Å²) in [6.07, 6.45) is 0. The molecular weight excluding hydrogens is 789 g/mol. The summed E-state index contributed by atoms with van der Waals surface area (Å²) in [4.78, 5) is 20.6. The Balaban J connectivity index is 0.869. The highest BCUT2D eigenvalue weighted by molar-refractivity contribution is 6.06. The van der Waals surface area contributed by atoms with Crippen molar-refractivity contribution in [3.8, 4) is 90.1 Å². The van der Waals surface area contributed by atoms with Crippen molar-refractivity contribution >= 4 is 10.8 Å². The molecule has 1 spiro atoms. The van der Waals surface area contributed by atoms with Crippen molar-refractivity contribution in [3.63, 3.8) is 0 Å². The second-order valence-electron chi connectivity index (χ2n) is 16.9. The van der Waals surface area contributed by atoms with Crippen molar-refractivity contribution in [3.05, 3.63) is 253 Å². The van der Waals surface area contributed by atoms with Crippen LogP contribution in [0.1, 0.15) is 22.3 Å². The van der Waals surface area contributed by atoms with Crippen LogP contribution in [0.3, 0.4) is 0 Å². The molecule has 11 aromatic rings. The van der Waals surface area contributed by atoms with E-state index in [1.54, 1.807) is 0 Å². The average molecular weight is 827 g/mol. The molecule has 9 aromatic carbocycles. The van der Waals surface area contributed by atoms with Crippen molar-refractivity contribution in [1.29, 1.82) is 0 Å². The fraction of sp³-hybridized carbons (Fsp3) is 0.0164. The van der Waals surface area contributed by atoms with Crippen molar-refractivity contribution in [2.75, 3.05) is 0 Å². The van der Waals surface area contributed by atoms with E-state index in [9.17, 15) is 0 Å². The monoisotopic (exact) mass is 826 g/mol. The van der Waals surface area contributed by atoms with E-state index in [4.69, 9.17) is 19.9 Å². The number of fused-ring (bicyclic) bond motifs is 12. The van der Waals surface area contributed by atoms with Gasteiger partial charge in [-0.15, -0.1) is 0 Å². The molecule has 0 radical (unpaired) electrons. The first-order chi connectivity index (χ1) is 32.2. The summed E-state index contributed by atoms with van der Waals surface area (Å²) in [5, 5.41) is 2.38. The average Bonchev–Trinajstić information content (AvgIpc) is 3.86. The van der Waals surface area contributed by atoms with Gasteiger partial charge in [0.15, 0.2) is 17.5 Å². The molecular formula is C61H38N4. The highest BCUT2D eigenvalue weighted by Crippen LogP contribution is 2.64. The summed E-state index contributed by atoms with van der Waals surface area (Å²) in [5.41, 5.74) is 19.0. The summed E-state index contributed by atoms with van der Waals surface area (Å²) in [6, 6.07) is 82.0. The summed E-state index contributed by atoms with van der Waals surface area (Å²) < 4.78 is 0. The summed E-state index contributed by atoms with van der Waals surface area (Å²) >= 11 is 0. The van der Waals surface area contributed by atoms with Gasteiger partial charge in [-0.2, -0.15) is 0 Å². The van der Waals surface area contributed by atoms with Gasteiger partial charge in [0.25, 0.3) is 0 Å². The molecule has 13 rings (SSSR count). The molecule has 4 nitrogen and oxygen atoms in total. The zero-order chi connectivity index (χ0) is 42.9. The van der Waals surface area contributed by atoms with Crippen LogP contribution in [0.25, 0.3) is 101 Å². The van der Waals surface area contributed by atoms with Crippen LogP contribution in [-0.2, 0) is 5.41 Å². The lowest BCUT2D eigenvalue weighted by Crippen LogP contribution is -2.26. The number of hydrogen-bond donors (Lipinski definition) is 0. The first kappa shape index (κ1) is 37.0. The molecule has 2 heterocycles. The van der Waals surface area contributed by atoms with Gasteiger partial charge in [0.05, 0.1) is 16.8 Å². The Morgan fingerprint density at radius 3 is 1.08 bits per heavy atom. The fourth-order valence-electron chi connectivity index (χ4n) is 10.4. The predicted molar refractivity (Wildman–Crippen MR) is 264 cm³/mol. The van der Waals surface area contributed by atoms with E-state index in [-0.39, 0.29) is 0 Å². The lowest BCUT2D eigenvalue weighted by atomic mass is 9.69.